The quantitative estimate of drug-likeness (QED) is 0.931. The Labute approximate surface area is 119 Å². The van der Waals surface area contributed by atoms with Gasteiger partial charge in [-0.1, -0.05) is 6.07 Å². The second-order valence-corrected chi connectivity index (χ2v) is 6.00. The van der Waals surface area contributed by atoms with Crippen molar-refractivity contribution in [1.29, 1.82) is 0 Å². The molecule has 0 radical (unpaired) electrons. The molecule has 2 aromatic rings. The molecule has 1 fully saturated rings. The van der Waals surface area contributed by atoms with E-state index < -0.39 is 0 Å². The topological polar surface area (TPSA) is 29.9 Å². The van der Waals surface area contributed by atoms with Crippen LogP contribution in [0.25, 0.3) is 11.0 Å². The van der Waals surface area contributed by atoms with Gasteiger partial charge in [-0.2, -0.15) is 0 Å². The highest BCUT2D eigenvalue weighted by atomic mass is 19.1. The molecule has 108 valence electrons. The second kappa shape index (κ2) is 5.52. The fraction of sp³-hybridized carbons (Fsp3) is 0.562. The summed E-state index contributed by atoms with van der Waals surface area (Å²) >= 11 is 0. The van der Waals surface area contributed by atoms with E-state index in [1.807, 2.05) is 6.07 Å². The minimum atomic E-state index is -0.214. The lowest BCUT2D eigenvalue weighted by Gasteiger charge is -2.23. The first-order chi connectivity index (χ1) is 9.66. The second-order valence-electron chi connectivity index (χ2n) is 6.00. The third-order valence-electron chi connectivity index (χ3n) is 4.19. The molecule has 0 aliphatic carbocycles. The first-order valence-electron chi connectivity index (χ1n) is 7.53. The lowest BCUT2D eigenvalue weighted by molar-refractivity contribution is 0.361. The van der Waals surface area contributed by atoms with Gasteiger partial charge in [-0.25, -0.2) is 9.37 Å². The van der Waals surface area contributed by atoms with Gasteiger partial charge in [0.25, 0.3) is 0 Å². The first kappa shape index (κ1) is 13.6. The van der Waals surface area contributed by atoms with Crippen LogP contribution < -0.4 is 5.32 Å². The van der Waals surface area contributed by atoms with Crippen molar-refractivity contribution >= 4 is 11.0 Å². The number of benzene rings is 1. The number of piperidine rings is 1. The molecule has 1 aromatic heterocycles. The van der Waals surface area contributed by atoms with Crippen molar-refractivity contribution in [2.24, 2.45) is 5.92 Å². The lowest BCUT2D eigenvalue weighted by Crippen LogP contribution is -2.29. The average Bonchev–Trinajstić information content (AvgIpc) is 2.79. The Morgan fingerprint density at radius 2 is 2.10 bits per heavy atom. The maximum atomic E-state index is 13.9. The number of aromatic nitrogens is 2. The summed E-state index contributed by atoms with van der Waals surface area (Å²) in [5.41, 5.74) is 1.44. The van der Waals surface area contributed by atoms with Crippen molar-refractivity contribution in [3.8, 4) is 0 Å². The molecule has 0 unspecified atom stereocenters. The summed E-state index contributed by atoms with van der Waals surface area (Å²) in [4.78, 5) is 4.60. The third kappa shape index (κ3) is 2.44. The molecule has 0 spiro atoms. The van der Waals surface area contributed by atoms with Gasteiger partial charge in [0.2, 0.25) is 0 Å². The van der Waals surface area contributed by atoms with E-state index in [-0.39, 0.29) is 5.82 Å². The minimum Gasteiger partial charge on any atom is -0.325 e. The smallest absolute Gasteiger partial charge is 0.151 e. The molecule has 1 aliphatic rings. The van der Waals surface area contributed by atoms with Crippen LogP contribution in [0.3, 0.4) is 0 Å². The number of nitrogens with one attached hydrogen (secondary N) is 1. The summed E-state index contributed by atoms with van der Waals surface area (Å²) in [7, 11) is 0. The Morgan fingerprint density at radius 3 is 2.80 bits per heavy atom. The van der Waals surface area contributed by atoms with Crippen molar-refractivity contribution in [2.75, 3.05) is 13.1 Å². The summed E-state index contributed by atoms with van der Waals surface area (Å²) in [6.45, 7) is 6.44. The molecule has 0 bridgehead atoms. The zero-order valence-corrected chi connectivity index (χ0v) is 12.2. The van der Waals surface area contributed by atoms with E-state index >= 15 is 0 Å². The molecule has 20 heavy (non-hydrogen) atoms. The van der Waals surface area contributed by atoms with Gasteiger partial charge < -0.3 is 9.88 Å². The zero-order chi connectivity index (χ0) is 14.1. The summed E-state index contributed by atoms with van der Waals surface area (Å²) < 4.78 is 16.1. The van der Waals surface area contributed by atoms with Crippen LogP contribution in [0.2, 0.25) is 0 Å². The molecule has 0 saturated carbocycles. The van der Waals surface area contributed by atoms with E-state index in [0.717, 1.165) is 30.9 Å². The third-order valence-corrected chi connectivity index (χ3v) is 4.19. The predicted molar refractivity (Wildman–Crippen MR) is 79.4 cm³/mol. The molecule has 1 aliphatic heterocycles. The molecule has 2 heterocycles. The number of hydrogen-bond donors (Lipinski definition) is 1. The van der Waals surface area contributed by atoms with Crippen LogP contribution in [0, 0.1) is 11.7 Å². The lowest BCUT2D eigenvalue weighted by atomic mass is 9.94. The Bertz CT molecular complexity index is 597. The van der Waals surface area contributed by atoms with Crippen molar-refractivity contribution in [3.05, 3.63) is 29.8 Å². The van der Waals surface area contributed by atoms with E-state index in [2.05, 4.69) is 28.7 Å². The Balaban J connectivity index is 2.00. The fourth-order valence-electron chi connectivity index (χ4n) is 3.20. The van der Waals surface area contributed by atoms with Gasteiger partial charge in [0.15, 0.2) is 5.82 Å². The molecule has 1 aromatic carbocycles. The number of para-hydroxylation sites is 1. The van der Waals surface area contributed by atoms with Gasteiger partial charge in [-0.05, 0) is 57.8 Å². The predicted octanol–water partition coefficient (Wildman–Crippen LogP) is 3.30. The van der Waals surface area contributed by atoms with E-state index in [0.29, 0.717) is 17.5 Å². The first-order valence-corrected chi connectivity index (χ1v) is 7.53. The number of imidazole rings is 1. The summed E-state index contributed by atoms with van der Waals surface area (Å²) in [5.74, 6) is 1.48. The summed E-state index contributed by atoms with van der Waals surface area (Å²) in [6, 6.07) is 5.54. The van der Waals surface area contributed by atoms with Gasteiger partial charge >= 0.3 is 0 Å². The monoisotopic (exact) mass is 275 g/mol. The van der Waals surface area contributed by atoms with Gasteiger partial charge in [-0.3, -0.25) is 0 Å². The highest BCUT2D eigenvalue weighted by Gasteiger charge is 2.20. The average molecular weight is 275 g/mol. The van der Waals surface area contributed by atoms with Crippen LogP contribution in [0.1, 0.15) is 38.6 Å². The molecule has 0 amide bonds. The van der Waals surface area contributed by atoms with Crippen LogP contribution in [0.4, 0.5) is 4.39 Å². The largest absolute Gasteiger partial charge is 0.325 e. The standard InChI is InChI=1S/C16H22FN3/c1-11(2)20-14-5-3-4-13(17)16(14)19-15(20)10-12-6-8-18-9-7-12/h3-5,11-12,18H,6-10H2,1-2H3. The highest BCUT2D eigenvalue weighted by Crippen LogP contribution is 2.26. The fourth-order valence-corrected chi connectivity index (χ4v) is 3.20. The van der Waals surface area contributed by atoms with E-state index in [1.54, 1.807) is 6.07 Å². The number of nitrogens with zero attached hydrogens (tertiary/aromatic N) is 2. The van der Waals surface area contributed by atoms with Crippen molar-refractivity contribution < 1.29 is 4.39 Å². The van der Waals surface area contributed by atoms with Gasteiger partial charge in [0.1, 0.15) is 11.3 Å². The van der Waals surface area contributed by atoms with E-state index in [1.165, 1.54) is 18.9 Å². The molecular formula is C16H22FN3. The number of halogens is 1. The van der Waals surface area contributed by atoms with Crippen molar-refractivity contribution in [1.82, 2.24) is 14.9 Å². The number of hydrogen-bond acceptors (Lipinski definition) is 2. The molecule has 1 N–H and O–H groups in total. The Hall–Kier alpha value is -1.42. The molecule has 0 atom stereocenters. The maximum Gasteiger partial charge on any atom is 0.151 e. The van der Waals surface area contributed by atoms with Crippen LogP contribution in [0.15, 0.2) is 18.2 Å². The molecule has 3 nitrogen and oxygen atoms in total. The maximum absolute atomic E-state index is 13.9. The van der Waals surface area contributed by atoms with Crippen LogP contribution in [-0.4, -0.2) is 22.6 Å². The van der Waals surface area contributed by atoms with Crippen LogP contribution >= 0.6 is 0 Å². The Kier molecular flexibility index (Phi) is 3.74. The summed E-state index contributed by atoms with van der Waals surface area (Å²) in [6.07, 6.45) is 3.32. The molecule has 3 rings (SSSR count). The molecular weight excluding hydrogens is 253 g/mol. The van der Waals surface area contributed by atoms with Gasteiger partial charge in [-0.15, -0.1) is 0 Å². The minimum absolute atomic E-state index is 0.214. The van der Waals surface area contributed by atoms with Crippen molar-refractivity contribution in [2.45, 2.75) is 39.2 Å². The summed E-state index contributed by atoms with van der Waals surface area (Å²) in [5, 5.41) is 3.39. The van der Waals surface area contributed by atoms with Gasteiger partial charge in [0.05, 0.1) is 5.52 Å². The zero-order valence-electron chi connectivity index (χ0n) is 12.2. The molecule has 1 saturated heterocycles. The number of rotatable bonds is 3. The van der Waals surface area contributed by atoms with Crippen LogP contribution in [0.5, 0.6) is 0 Å². The SMILES string of the molecule is CC(C)n1c(CC2CCNCC2)nc2c(F)cccc21. The van der Waals surface area contributed by atoms with E-state index in [4.69, 9.17) is 0 Å². The normalized spacial score (nSPS) is 17.2. The van der Waals surface area contributed by atoms with Gasteiger partial charge in [0, 0.05) is 12.5 Å². The molecule has 4 heteroatoms. The Morgan fingerprint density at radius 1 is 1.35 bits per heavy atom. The highest BCUT2D eigenvalue weighted by molar-refractivity contribution is 5.76. The van der Waals surface area contributed by atoms with Crippen molar-refractivity contribution in [3.63, 3.8) is 0 Å². The van der Waals surface area contributed by atoms with Crippen LogP contribution in [-0.2, 0) is 6.42 Å². The number of fused-ring (bicyclic) bond motifs is 1. The van der Waals surface area contributed by atoms with E-state index in [9.17, 15) is 4.39 Å².